The van der Waals surface area contributed by atoms with Crippen LogP contribution in [0.5, 0.6) is 5.75 Å². The average Bonchev–Trinajstić information content (AvgIpc) is 3.13. The monoisotopic (exact) mass is 692 g/mol. The van der Waals surface area contributed by atoms with Gasteiger partial charge in [-0.2, -0.15) is 0 Å². The molecule has 0 aliphatic heterocycles. The molecule has 0 aromatic heterocycles. The van der Waals surface area contributed by atoms with Gasteiger partial charge in [0.1, 0.15) is 5.75 Å². The highest BCUT2D eigenvalue weighted by molar-refractivity contribution is 6.03. The lowest BCUT2D eigenvalue weighted by atomic mass is 10.0. The third kappa shape index (κ3) is 21.4. The third-order valence-corrected chi connectivity index (χ3v) is 11.0. The van der Waals surface area contributed by atoms with Crippen LogP contribution in [0, 0.1) is 0 Å². The molecule has 0 heterocycles. The van der Waals surface area contributed by atoms with E-state index in [1.807, 2.05) is 41.3 Å². The predicted molar refractivity (Wildman–Crippen MR) is 221 cm³/mol. The quantitative estimate of drug-likeness (QED) is 0.0731. The summed E-state index contributed by atoms with van der Waals surface area (Å²) in [5.74, 6) is 0.132. The van der Waals surface area contributed by atoms with Gasteiger partial charge < -0.3 is 10.0 Å². The number of nitrogens with zero attached hydrogens (tertiary/aromatic N) is 1. The lowest BCUT2D eigenvalue weighted by molar-refractivity contribution is 0.0746. The number of carbonyl (C=O) groups is 1. The number of amides is 1. The first kappa shape index (κ1) is 44.1. The Morgan fingerprint density at radius 2 is 0.760 bits per heavy atom. The standard InChI is InChI=1S/C47H81NO2/c1-3-5-7-9-11-13-15-17-19-21-23-25-27-29-31-35-41-48(47(50)45-40-39-43-37-33-34-38-44(43)46(45)49)42-36-32-30-28-26-24-22-20-18-16-14-12-10-8-6-4-2/h33-34,37-40,49H,3-32,35-36,41-42H2,1-2H3. The van der Waals surface area contributed by atoms with Crippen molar-refractivity contribution in [1.82, 2.24) is 4.90 Å². The lowest BCUT2D eigenvalue weighted by Gasteiger charge is -2.24. The van der Waals surface area contributed by atoms with Crippen molar-refractivity contribution >= 4 is 16.7 Å². The van der Waals surface area contributed by atoms with Crippen molar-refractivity contribution in [3.8, 4) is 5.75 Å². The van der Waals surface area contributed by atoms with Gasteiger partial charge in [-0.3, -0.25) is 4.79 Å². The van der Waals surface area contributed by atoms with Gasteiger partial charge in [0.05, 0.1) is 5.56 Å². The average molecular weight is 692 g/mol. The summed E-state index contributed by atoms with van der Waals surface area (Å²) < 4.78 is 0. The Morgan fingerprint density at radius 3 is 1.12 bits per heavy atom. The molecule has 2 aromatic rings. The molecule has 50 heavy (non-hydrogen) atoms. The SMILES string of the molecule is CCCCCCCCCCCCCCCCCCN(CCCCCCCCCCCCCCCCCC)C(=O)c1ccc2ccccc2c1O. The maximum atomic E-state index is 13.8. The van der Waals surface area contributed by atoms with Crippen LogP contribution in [-0.2, 0) is 0 Å². The van der Waals surface area contributed by atoms with Crippen LogP contribution in [0.4, 0.5) is 0 Å². The van der Waals surface area contributed by atoms with E-state index in [1.165, 1.54) is 193 Å². The summed E-state index contributed by atoms with van der Waals surface area (Å²) in [6.07, 6.45) is 43.4. The van der Waals surface area contributed by atoms with E-state index in [4.69, 9.17) is 0 Å². The zero-order valence-electron chi connectivity index (χ0n) is 33.3. The van der Waals surface area contributed by atoms with Gasteiger partial charge in [0.25, 0.3) is 5.91 Å². The van der Waals surface area contributed by atoms with Crippen molar-refractivity contribution in [3.05, 3.63) is 42.0 Å². The number of rotatable bonds is 35. The number of phenols is 1. The number of fused-ring (bicyclic) bond motifs is 1. The molecular weight excluding hydrogens is 611 g/mol. The highest BCUT2D eigenvalue weighted by atomic mass is 16.3. The number of carbonyl (C=O) groups excluding carboxylic acids is 1. The van der Waals surface area contributed by atoms with Gasteiger partial charge in [0, 0.05) is 18.5 Å². The van der Waals surface area contributed by atoms with Gasteiger partial charge in [0.15, 0.2) is 0 Å². The third-order valence-electron chi connectivity index (χ3n) is 11.0. The second-order valence-corrected chi connectivity index (χ2v) is 15.6. The molecule has 1 N–H and O–H groups in total. The Hall–Kier alpha value is -2.03. The molecule has 286 valence electrons. The zero-order chi connectivity index (χ0) is 35.7. The van der Waals surface area contributed by atoms with E-state index >= 15 is 0 Å². The van der Waals surface area contributed by atoms with E-state index in [-0.39, 0.29) is 11.7 Å². The summed E-state index contributed by atoms with van der Waals surface area (Å²) >= 11 is 0. The number of aromatic hydroxyl groups is 1. The predicted octanol–water partition coefficient (Wildman–Crippen LogP) is 15.5. The van der Waals surface area contributed by atoms with Crippen molar-refractivity contribution in [1.29, 1.82) is 0 Å². The van der Waals surface area contributed by atoms with Gasteiger partial charge in [-0.15, -0.1) is 0 Å². The van der Waals surface area contributed by atoms with Crippen molar-refractivity contribution in [2.75, 3.05) is 13.1 Å². The number of hydrogen-bond donors (Lipinski definition) is 1. The summed E-state index contributed by atoms with van der Waals surface area (Å²) in [4.78, 5) is 15.8. The molecule has 1 amide bonds. The van der Waals surface area contributed by atoms with Gasteiger partial charge in [-0.25, -0.2) is 0 Å². The number of unbranched alkanes of at least 4 members (excludes halogenated alkanes) is 30. The molecule has 0 fully saturated rings. The molecule has 0 radical (unpaired) electrons. The minimum atomic E-state index is -0.00447. The van der Waals surface area contributed by atoms with E-state index in [0.717, 1.165) is 36.7 Å². The Balaban J connectivity index is 1.61. The largest absolute Gasteiger partial charge is 0.506 e. The van der Waals surface area contributed by atoms with Crippen molar-refractivity contribution < 1.29 is 9.90 Å². The van der Waals surface area contributed by atoms with Crippen LogP contribution in [0.1, 0.15) is 230 Å². The van der Waals surface area contributed by atoms with Crippen LogP contribution in [0.25, 0.3) is 10.8 Å². The zero-order valence-corrected chi connectivity index (χ0v) is 33.3. The highest BCUT2D eigenvalue weighted by Gasteiger charge is 2.20. The summed E-state index contributed by atoms with van der Waals surface area (Å²) in [5, 5.41) is 12.8. The molecule has 0 saturated heterocycles. The van der Waals surface area contributed by atoms with Crippen LogP contribution in [0.2, 0.25) is 0 Å². The first-order valence-electron chi connectivity index (χ1n) is 22.2. The maximum Gasteiger partial charge on any atom is 0.257 e. The second kappa shape index (κ2) is 31.7. The molecule has 0 aliphatic carbocycles. The minimum Gasteiger partial charge on any atom is -0.506 e. The van der Waals surface area contributed by atoms with E-state index < -0.39 is 0 Å². The molecule has 0 atom stereocenters. The topological polar surface area (TPSA) is 40.5 Å². The Morgan fingerprint density at radius 1 is 0.440 bits per heavy atom. The Labute approximate surface area is 310 Å². The molecule has 0 bridgehead atoms. The van der Waals surface area contributed by atoms with Crippen LogP contribution in [-0.4, -0.2) is 29.0 Å². The Kier molecular flexibility index (Phi) is 28.0. The molecule has 0 aliphatic rings. The van der Waals surface area contributed by atoms with Crippen molar-refractivity contribution in [3.63, 3.8) is 0 Å². The summed E-state index contributed by atoms with van der Waals surface area (Å²) in [7, 11) is 0. The van der Waals surface area contributed by atoms with Crippen molar-refractivity contribution in [2.45, 2.75) is 219 Å². The molecule has 2 rings (SSSR count). The second-order valence-electron chi connectivity index (χ2n) is 15.6. The van der Waals surface area contributed by atoms with Gasteiger partial charge >= 0.3 is 0 Å². The molecule has 3 heteroatoms. The smallest absolute Gasteiger partial charge is 0.257 e. The minimum absolute atomic E-state index is 0.00447. The van der Waals surface area contributed by atoms with E-state index in [9.17, 15) is 9.90 Å². The highest BCUT2D eigenvalue weighted by Crippen LogP contribution is 2.30. The summed E-state index contributed by atoms with van der Waals surface area (Å²) in [6.45, 7) is 6.17. The molecule has 2 aromatic carbocycles. The van der Waals surface area contributed by atoms with Crippen molar-refractivity contribution in [2.24, 2.45) is 0 Å². The van der Waals surface area contributed by atoms with E-state index in [2.05, 4.69) is 13.8 Å². The first-order valence-corrected chi connectivity index (χ1v) is 22.2. The van der Waals surface area contributed by atoms with E-state index in [0.29, 0.717) is 5.56 Å². The van der Waals surface area contributed by atoms with Crippen LogP contribution in [0.3, 0.4) is 0 Å². The van der Waals surface area contributed by atoms with Gasteiger partial charge in [0.2, 0.25) is 0 Å². The number of benzene rings is 2. The fraction of sp³-hybridized carbons (Fsp3) is 0.766. The van der Waals surface area contributed by atoms with Crippen LogP contribution in [0.15, 0.2) is 36.4 Å². The first-order chi connectivity index (χ1) is 24.7. The lowest BCUT2D eigenvalue weighted by Crippen LogP contribution is -2.33. The van der Waals surface area contributed by atoms with Gasteiger partial charge in [-0.1, -0.05) is 237 Å². The summed E-state index contributed by atoms with van der Waals surface area (Å²) in [6, 6.07) is 11.6. The maximum absolute atomic E-state index is 13.8. The van der Waals surface area contributed by atoms with E-state index in [1.54, 1.807) is 0 Å². The Bertz CT molecular complexity index is 1030. The fourth-order valence-corrected chi connectivity index (χ4v) is 7.61. The molecule has 0 saturated carbocycles. The fourth-order valence-electron chi connectivity index (χ4n) is 7.61. The molecule has 3 nitrogen and oxygen atoms in total. The summed E-state index contributed by atoms with van der Waals surface area (Å²) in [5.41, 5.74) is 0.455. The molecule has 0 spiro atoms. The normalized spacial score (nSPS) is 11.5. The number of hydrogen-bond acceptors (Lipinski definition) is 2. The molecular formula is C47H81NO2. The van der Waals surface area contributed by atoms with Crippen LogP contribution >= 0.6 is 0 Å². The molecule has 0 unspecified atom stereocenters. The van der Waals surface area contributed by atoms with Crippen LogP contribution < -0.4 is 0 Å². The van der Waals surface area contributed by atoms with Gasteiger partial charge in [-0.05, 0) is 24.3 Å². The number of phenolic OH excluding ortho intramolecular Hbond substituents is 1.